The molecule has 1 N–H and O–H groups in total. The third-order valence-electron chi connectivity index (χ3n) is 4.12. The molecule has 2 fully saturated rings. The van der Waals surface area contributed by atoms with Crippen molar-refractivity contribution in [2.75, 3.05) is 19.6 Å². The summed E-state index contributed by atoms with van der Waals surface area (Å²) in [5.74, 6) is 2.39. The Labute approximate surface area is 114 Å². The Hall–Kier alpha value is -0.940. The Bertz CT molecular complexity index is 396. The Morgan fingerprint density at radius 1 is 1.37 bits per heavy atom. The molecule has 2 aliphatic rings. The van der Waals surface area contributed by atoms with Crippen LogP contribution in [0.1, 0.15) is 44.3 Å². The number of hydrogen-bond donors (Lipinski definition) is 1. The molecule has 1 aromatic heterocycles. The van der Waals surface area contributed by atoms with Gasteiger partial charge in [-0.15, -0.1) is 0 Å². The molecule has 1 atom stereocenters. The van der Waals surface area contributed by atoms with Crippen molar-refractivity contribution in [3.8, 4) is 0 Å². The topological polar surface area (TPSA) is 54.2 Å². The molecule has 2 heterocycles. The summed E-state index contributed by atoms with van der Waals surface area (Å²) in [4.78, 5) is 6.98. The summed E-state index contributed by atoms with van der Waals surface area (Å²) in [5, 5.41) is 7.49. The van der Waals surface area contributed by atoms with Gasteiger partial charge in [-0.2, -0.15) is 4.98 Å². The van der Waals surface area contributed by atoms with Crippen molar-refractivity contribution in [3.05, 3.63) is 11.7 Å². The Kier molecular flexibility index (Phi) is 4.13. The minimum absolute atomic E-state index is 0.749. The van der Waals surface area contributed by atoms with Crippen molar-refractivity contribution in [1.82, 2.24) is 20.4 Å². The summed E-state index contributed by atoms with van der Waals surface area (Å²) >= 11 is 0. The minimum Gasteiger partial charge on any atom is -0.338 e. The van der Waals surface area contributed by atoms with Gasteiger partial charge in [-0.3, -0.25) is 4.90 Å². The van der Waals surface area contributed by atoms with E-state index < -0.39 is 0 Å². The summed E-state index contributed by atoms with van der Waals surface area (Å²) in [6.07, 6.45) is 6.16. The summed E-state index contributed by atoms with van der Waals surface area (Å²) in [6.45, 7) is 6.40. The number of rotatable bonds is 6. The number of hydrogen-bond acceptors (Lipinski definition) is 5. The number of nitrogens with one attached hydrogen (secondary N) is 1. The molecule has 1 unspecified atom stereocenters. The molecule has 1 aliphatic carbocycles. The highest BCUT2D eigenvalue weighted by molar-refractivity contribution is 4.91. The molecule has 5 heteroatoms. The zero-order valence-electron chi connectivity index (χ0n) is 11.8. The van der Waals surface area contributed by atoms with Crippen LogP contribution in [0, 0.1) is 5.92 Å². The molecule has 1 aromatic rings. The molecule has 0 aromatic carbocycles. The average Bonchev–Trinajstić information content (AvgIpc) is 3.20. The van der Waals surface area contributed by atoms with Crippen molar-refractivity contribution in [3.63, 3.8) is 0 Å². The Morgan fingerprint density at radius 3 is 2.89 bits per heavy atom. The van der Waals surface area contributed by atoms with Gasteiger partial charge >= 0.3 is 0 Å². The van der Waals surface area contributed by atoms with Crippen molar-refractivity contribution in [2.24, 2.45) is 5.92 Å². The van der Waals surface area contributed by atoms with Crippen LogP contribution in [0.3, 0.4) is 0 Å². The predicted octanol–water partition coefficient (Wildman–Crippen LogP) is 1.60. The fourth-order valence-corrected chi connectivity index (χ4v) is 2.87. The number of aromatic nitrogens is 2. The predicted molar refractivity (Wildman–Crippen MR) is 72.7 cm³/mol. The molecule has 0 spiro atoms. The zero-order chi connectivity index (χ0) is 13.1. The van der Waals surface area contributed by atoms with Gasteiger partial charge in [0.05, 0.1) is 6.54 Å². The lowest BCUT2D eigenvalue weighted by Crippen LogP contribution is -2.39. The fourth-order valence-electron chi connectivity index (χ4n) is 2.87. The highest BCUT2D eigenvalue weighted by atomic mass is 16.5. The van der Waals surface area contributed by atoms with Gasteiger partial charge in [0.1, 0.15) is 0 Å². The Balaban J connectivity index is 1.57. The lowest BCUT2D eigenvalue weighted by Gasteiger charge is -2.29. The SMILES string of the molecule is CCc1noc(CN(CC2CCCNC2)C2CC2)n1. The van der Waals surface area contributed by atoms with Gasteiger partial charge in [0.25, 0.3) is 0 Å². The smallest absolute Gasteiger partial charge is 0.240 e. The van der Waals surface area contributed by atoms with Crippen LogP contribution in [0.4, 0.5) is 0 Å². The van der Waals surface area contributed by atoms with Gasteiger partial charge in [0.2, 0.25) is 5.89 Å². The van der Waals surface area contributed by atoms with Crippen molar-refractivity contribution in [2.45, 2.75) is 51.6 Å². The number of piperidine rings is 1. The van der Waals surface area contributed by atoms with E-state index in [1.54, 1.807) is 0 Å². The maximum atomic E-state index is 5.33. The normalized spacial score (nSPS) is 24.0. The van der Waals surface area contributed by atoms with Crippen LogP contribution in [-0.2, 0) is 13.0 Å². The van der Waals surface area contributed by atoms with E-state index in [-0.39, 0.29) is 0 Å². The summed E-state index contributed by atoms with van der Waals surface area (Å²) in [5.41, 5.74) is 0. The quantitative estimate of drug-likeness (QED) is 0.845. The second-order valence-corrected chi connectivity index (χ2v) is 5.83. The summed E-state index contributed by atoms with van der Waals surface area (Å²) in [6, 6.07) is 0.749. The van der Waals surface area contributed by atoms with E-state index in [0.29, 0.717) is 0 Å². The van der Waals surface area contributed by atoms with Crippen molar-refractivity contribution >= 4 is 0 Å². The van der Waals surface area contributed by atoms with Crippen LogP contribution in [0.2, 0.25) is 0 Å². The van der Waals surface area contributed by atoms with E-state index >= 15 is 0 Å². The number of aryl methyl sites for hydroxylation is 1. The summed E-state index contributed by atoms with van der Waals surface area (Å²) in [7, 11) is 0. The molecule has 1 saturated carbocycles. The molecule has 0 amide bonds. The lowest BCUT2D eigenvalue weighted by atomic mass is 9.99. The molecule has 3 rings (SSSR count). The molecule has 0 bridgehead atoms. The van der Waals surface area contributed by atoms with Crippen molar-refractivity contribution in [1.29, 1.82) is 0 Å². The third-order valence-corrected chi connectivity index (χ3v) is 4.12. The van der Waals surface area contributed by atoms with Gasteiger partial charge in [-0.05, 0) is 44.7 Å². The molecule has 1 aliphatic heterocycles. The van der Waals surface area contributed by atoms with Crippen LogP contribution in [0.15, 0.2) is 4.52 Å². The van der Waals surface area contributed by atoms with Crippen LogP contribution >= 0.6 is 0 Å². The molecule has 106 valence electrons. The van der Waals surface area contributed by atoms with E-state index in [0.717, 1.165) is 43.2 Å². The third kappa shape index (κ3) is 3.54. The highest BCUT2D eigenvalue weighted by Gasteiger charge is 2.32. The first-order valence-electron chi connectivity index (χ1n) is 7.61. The van der Waals surface area contributed by atoms with Crippen LogP contribution in [-0.4, -0.2) is 40.7 Å². The monoisotopic (exact) mass is 264 g/mol. The molecular formula is C14H24N4O. The first kappa shape index (κ1) is 13.1. The van der Waals surface area contributed by atoms with Crippen LogP contribution < -0.4 is 5.32 Å². The van der Waals surface area contributed by atoms with Gasteiger partial charge < -0.3 is 9.84 Å². The molecule has 1 saturated heterocycles. The van der Waals surface area contributed by atoms with Gasteiger partial charge in [0, 0.05) is 19.0 Å². The molecular weight excluding hydrogens is 240 g/mol. The first-order valence-corrected chi connectivity index (χ1v) is 7.61. The van der Waals surface area contributed by atoms with E-state index in [9.17, 15) is 0 Å². The van der Waals surface area contributed by atoms with E-state index in [4.69, 9.17) is 4.52 Å². The molecule has 19 heavy (non-hydrogen) atoms. The van der Waals surface area contributed by atoms with Gasteiger partial charge in [0.15, 0.2) is 5.82 Å². The van der Waals surface area contributed by atoms with Crippen LogP contribution in [0.5, 0.6) is 0 Å². The highest BCUT2D eigenvalue weighted by Crippen LogP contribution is 2.29. The Morgan fingerprint density at radius 2 is 2.26 bits per heavy atom. The van der Waals surface area contributed by atoms with E-state index in [1.165, 1.54) is 38.8 Å². The maximum Gasteiger partial charge on any atom is 0.240 e. The maximum absolute atomic E-state index is 5.33. The van der Waals surface area contributed by atoms with E-state index in [2.05, 4.69) is 27.3 Å². The van der Waals surface area contributed by atoms with Gasteiger partial charge in [-0.1, -0.05) is 12.1 Å². The van der Waals surface area contributed by atoms with E-state index in [1.807, 2.05) is 0 Å². The second kappa shape index (κ2) is 6.01. The van der Waals surface area contributed by atoms with Crippen LogP contribution in [0.25, 0.3) is 0 Å². The minimum atomic E-state index is 0.749. The second-order valence-electron chi connectivity index (χ2n) is 5.83. The lowest BCUT2D eigenvalue weighted by molar-refractivity contribution is 0.172. The van der Waals surface area contributed by atoms with Gasteiger partial charge in [-0.25, -0.2) is 0 Å². The standard InChI is InChI=1S/C14H24N4O/c1-2-13-16-14(19-17-13)10-18(12-5-6-12)9-11-4-3-7-15-8-11/h11-12,15H,2-10H2,1H3. The largest absolute Gasteiger partial charge is 0.338 e. The number of nitrogens with zero attached hydrogens (tertiary/aromatic N) is 3. The molecule has 5 nitrogen and oxygen atoms in total. The zero-order valence-corrected chi connectivity index (χ0v) is 11.8. The average molecular weight is 264 g/mol. The fraction of sp³-hybridized carbons (Fsp3) is 0.857. The summed E-state index contributed by atoms with van der Waals surface area (Å²) < 4.78 is 5.33. The first-order chi connectivity index (χ1) is 9.35. The van der Waals surface area contributed by atoms with Crippen molar-refractivity contribution < 1.29 is 4.52 Å². The molecule has 0 radical (unpaired) electrons.